The van der Waals surface area contributed by atoms with Crippen LogP contribution in [0.25, 0.3) is 0 Å². The van der Waals surface area contributed by atoms with Crippen LogP contribution in [0.15, 0.2) is 30.3 Å². The highest BCUT2D eigenvalue weighted by molar-refractivity contribution is 5.14. The summed E-state index contributed by atoms with van der Waals surface area (Å²) >= 11 is 0. The largest absolute Gasteiger partial charge is 0.396 e. The van der Waals surface area contributed by atoms with Crippen molar-refractivity contribution in [2.75, 3.05) is 6.61 Å². The molecule has 0 spiro atoms. The molecule has 84 valence electrons. The van der Waals surface area contributed by atoms with E-state index in [1.54, 1.807) is 0 Å². The van der Waals surface area contributed by atoms with Gasteiger partial charge in [-0.15, -0.1) is 0 Å². The molecule has 0 fully saturated rings. The van der Waals surface area contributed by atoms with Crippen molar-refractivity contribution in [2.24, 2.45) is 0 Å². The summed E-state index contributed by atoms with van der Waals surface area (Å²) in [7, 11) is 0. The zero-order valence-corrected chi connectivity index (χ0v) is 9.10. The summed E-state index contributed by atoms with van der Waals surface area (Å²) in [5.74, 6) is 0. The monoisotopic (exact) mass is 208 g/mol. The second-order valence-corrected chi connectivity index (χ2v) is 3.90. The van der Waals surface area contributed by atoms with Gasteiger partial charge < -0.3 is 10.2 Å². The van der Waals surface area contributed by atoms with Gasteiger partial charge in [0, 0.05) is 6.61 Å². The molecule has 0 aliphatic rings. The lowest BCUT2D eigenvalue weighted by Crippen LogP contribution is -2.07. The lowest BCUT2D eigenvalue weighted by Gasteiger charge is -2.09. The number of benzene rings is 1. The molecule has 2 N–H and O–H groups in total. The first-order valence-corrected chi connectivity index (χ1v) is 5.66. The summed E-state index contributed by atoms with van der Waals surface area (Å²) in [6.07, 6.45) is 4.03. The van der Waals surface area contributed by atoms with Gasteiger partial charge in [-0.2, -0.15) is 0 Å². The van der Waals surface area contributed by atoms with Crippen molar-refractivity contribution in [3.05, 3.63) is 35.9 Å². The molecular formula is C13H20O2. The molecule has 1 aromatic carbocycles. The molecule has 0 unspecified atom stereocenters. The second-order valence-electron chi connectivity index (χ2n) is 3.90. The Morgan fingerprint density at radius 2 is 1.67 bits per heavy atom. The van der Waals surface area contributed by atoms with Gasteiger partial charge in [0.1, 0.15) is 0 Å². The van der Waals surface area contributed by atoms with Crippen molar-refractivity contribution >= 4 is 0 Å². The molecule has 0 heterocycles. The van der Waals surface area contributed by atoms with Crippen LogP contribution in [0.1, 0.15) is 31.2 Å². The van der Waals surface area contributed by atoms with E-state index in [2.05, 4.69) is 12.1 Å². The van der Waals surface area contributed by atoms with Gasteiger partial charge in [0.2, 0.25) is 0 Å². The van der Waals surface area contributed by atoms with Crippen LogP contribution in [0.3, 0.4) is 0 Å². The number of aliphatic hydroxyl groups excluding tert-OH is 2. The minimum atomic E-state index is -0.249. The fourth-order valence-electron chi connectivity index (χ4n) is 1.66. The lowest BCUT2D eigenvalue weighted by atomic mass is 10.0. The van der Waals surface area contributed by atoms with Crippen LogP contribution >= 0.6 is 0 Å². The van der Waals surface area contributed by atoms with E-state index in [4.69, 9.17) is 5.11 Å². The third-order valence-electron chi connectivity index (χ3n) is 2.54. The Labute approximate surface area is 91.6 Å². The Hall–Kier alpha value is -0.860. The third kappa shape index (κ3) is 5.55. The number of hydrogen-bond donors (Lipinski definition) is 2. The first kappa shape index (κ1) is 12.2. The van der Waals surface area contributed by atoms with Crippen molar-refractivity contribution < 1.29 is 10.2 Å². The maximum atomic E-state index is 9.55. The van der Waals surface area contributed by atoms with Gasteiger partial charge in [0.15, 0.2) is 0 Å². The molecule has 0 saturated carbocycles. The lowest BCUT2D eigenvalue weighted by molar-refractivity contribution is 0.139. The zero-order valence-electron chi connectivity index (χ0n) is 9.10. The van der Waals surface area contributed by atoms with E-state index in [-0.39, 0.29) is 12.7 Å². The average molecular weight is 208 g/mol. The van der Waals surface area contributed by atoms with Crippen LogP contribution in [0.4, 0.5) is 0 Å². The van der Waals surface area contributed by atoms with Gasteiger partial charge in [0.25, 0.3) is 0 Å². The van der Waals surface area contributed by atoms with Crippen molar-refractivity contribution in [3.63, 3.8) is 0 Å². The van der Waals surface area contributed by atoms with Gasteiger partial charge in [-0.05, 0) is 37.7 Å². The summed E-state index contributed by atoms with van der Waals surface area (Å²) in [4.78, 5) is 0. The van der Waals surface area contributed by atoms with Gasteiger partial charge in [-0.25, -0.2) is 0 Å². The quantitative estimate of drug-likeness (QED) is 0.720. The van der Waals surface area contributed by atoms with Crippen molar-refractivity contribution in [3.8, 4) is 0 Å². The molecule has 0 bridgehead atoms. The fourth-order valence-corrected chi connectivity index (χ4v) is 1.66. The molecule has 0 saturated heterocycles. The minimum Gasteiger partial charge on any atom is -0.396 e. The third-order valence-corrected chi connectivity index (χ3v) is 2.54. The van der Waals surface area contributed by atoms with Crippen LogP contribution in [-0.2, 0) is 6.42 Å². The van der Waals surface area contributed by atoms with Crippen molar-refractivity contribution in [1.29, 1.82) is 0 Å². The number of rotatable bonds is 7. The molecule has 1 aromatic rings. The first-order chi connectivity index (χ1) is 7.33. The summed E-state index contributed by atoms with van der Waals surface area (Å²) in [6.45, 7) is 0.176. The summed E-state index contributed by atoms with van der Waals surface area (Å²) < 4.78 is 0. The predicted molar refractivity (Wildman–Crippen MR) is 61.7 cm³/mol. The van der Waals surface area contributed by atoms with Crippen LogP contribution in [-0.4, -0.2) is 22.9 Å². The Morgan fingerprint density at radius 3 is 2.33 bits per heavy atom. The Balaban J connectivity index is 2.11. The Morgan fingerprint density at radius 1 is 1.00 bits per heavy atom. The molecule has 0 amide bonds. The molecule has 0 aromatic heterocycles. The maximum Gasteiger partial charge on any atom is 0.0541 e. The molecular weight excluding hydrogens is 188 g/mol. The standard InChI is InChI=1S/C13H20O2/c14-11-5-10-13(15)9-4-8-12-6-2-1-3-7-12/h1-3,6-7,13-15H,4-5,8-11H2/t13-/m1/s1. The average Bonchev–Trinajstić information content (AvgIpc) is 2.28. The highest BCUT2D eigenvalue weighted by atomic mass is 16.3. The highest BCUT2D eigenvalue weighted by Crippen LogP contribution is 2.09. The molecule has 0 aliphatic carbocycles. The Kier molecular flexibility index (Phi) is 6.05. The number of aryl methyl sites for hydroxylation is 1. The minimum absolute atomic E-state index is 0.176. The van der Waals surface area contributed by atoms with E-state index in [0.29, 0.717) is 12.8 Å². The van der Waals surface area contributed by atoms with E-state index in [1.807, 2.05) is 18.2 Å². The van der Waals surface area contributed by atoms with E-state index in [9.17, 15) is 5.11 Å². The summed E-state index contributed by atoms with van der Waals surface area (Å²) in [5.41, 5.74) is 1.33. The van der Waals surface area contributed by atoms with Gasteiger partial charge in [-0.1, -0.05) is 30.3 Å². The van der Waals surface area contributed by atoms with Gasteiger partial charge in [0.05, 0.1) is 6.10 Å². The number of aliphatic hydroxyl groups is 2. The van der Waals surface area contributed by atoms with Crippen LogP contribution in [0, 0.1) is 0 Å². The van der Waals surface area contributed by atoms with Crippen LogP contribution in [0.2, 0.25) is 0 Å². The molecule has 15 heavy (non-hydrogen) atoms. The maximum absolute atomic E-state index is 9.55. The molecule has 1 atom stereocenters. The topological polar surface area (TPSA) is 40.5 Å². The van der Waals surface area contributed by atoms with Gasteiger partial charge >= 0.3 is 0 Å². The molecule has 0 radical (unpaired) electrons. The van der Waals surface area contributed by atoms with E-state index in [0.717, 1.165) is 19.3 Å². The van der Waals surface area contributed by atoms with Crippen LogP contribution in [0.5, 0.6) is 0 Å². The molecule has 2 nitrogen and oxygen atoms in total. The Bertz CT molecular complexity index is 246. The number of hydrogen-bond acceptors (Lipinski definition) is 2. The predicted octanol–water partition coefficient (Wildman–Crippen LogP) is 2.14. The van der Waals surface area contributed by atoms with E-state index in [1.165, 1.54) is 5.56 Å². The van der Waals surface area contributed by atoms with E-state index >= 15 is 0 Å². The van der Waals surface area contributed by atoms with Crippen molar-refractivity contribution in [2.45, 2.75) is 38.2 Å². The highest BCUT2D eigenvalue weighted by Gasteiger charge is 2.03. The van der Waals surface area contributed by atoms with Gasteiger partial charge in [-0.3, -0.25) is 0 Å². The smallest absolute Gasteiger partial charge is 0.0541 e. The summed E-state index contributed by atoms with van der Waals surface area (Å²) in [6, 6.07) is 10.3. The molecule has 1 rings (SSSR count). The fraction of sp³-hybridized carbons (Fsp3) is 0.538. The zero-order chi connectivity index (χ0) is 10.9. The normalized spacial score (nSPS) is 12.7. The molecule has 2 heteroatoms. The SMILES string of the molecule is OCCC[C@H](O)CCCc1ccccc1. The van der Waals surface area contributed by atoms with Crippen molar-refractivity contribution in [1.82, 2.24) is 0 Å². The molecule has 0 aliphatic heterocycles. The first-order valence-electron chi connectivity index (χ1n) is 5.66. The summed E-state index contributed by atoms with van der Waals surface area (Å²) in [5, 5.41) is 18.2. The van der Waals surface area contributed by atoms with E-state index < -0.39 is 0 Å². The second kappa shape index (κ2) is 7.43. The van der Waals surface area contributed by atoms with Crippen LogP contribution < -0.4 is 0 Å².